The minimum Gasteiger partial charge on any atom is -0.491 e. The number of hydrogen-bond donors (Lipinski definition) is 0. The lowest BCUT2D eigenvalue weighted by molar-refractivity contribution is 0.101. The molecule has 0 atom stereocenters. The molecule has 0 unspecified atom stereocenters. The van der Waals surface area contributed by atoms with Gasteiger partial charge in [0, 0.05) is 18.0 Å². The molecule has 0 saturated carbocycles. The summed E-state index contributed by atoms with van der Waals surface area (Å²) in [5.74, 6) is 0.671. The van der Waals surface area contributed by atoms with Crippen LogP contribution in [0.15, 0.2) is 36.4 Å². The van der Waals surface area contributed by atoms with Gasteiger partial charge in [-0.3, -0.25) is 9.69 Å². The molecule has 0 spiro atoms. The number of nitrogens with zero attached hydrogens (tertiary/aromatic N) is 1. The maximum atomic E-state index is 11.5. The van der Waals surface area contributed by atoms with Gasteiger partial charge >= 0.3 is 0 Å². The van der Waals surface area contributed by atoms with Crippen molar-refractivity contribution in [3.05, 3.63) is 51.2 Å². The number of ketones is 1. The molecule has 0 aliphatic carbocycles. The van der Waals surface area contributed by atoms with Crippen molar-refractivity contribution < 1.29 is 9.53 Å². The Kier molecular flexibility index (Phi) is 5.79. The zero-order chi connectivity index (χ0) is 15.2. The Labute approximate surface area is 134 Å². The molecule has 1 aromatic heterocycles. The van der Waals surface area contributed by atoms with E-state index in [1.54, 1.807) is 24.3 Å². The number of likely N-dealkylation sites (N-methyl/N-ethyl adjacent to an activating group) is 1. The van der Waals surface area contributed by atoms with Crippen LogP contribution in [0.4, 0.5) is 0 Å². The highest BCUT2D eigenvalue weighted by Crippen LogP contribution is 2.22. The largest absolute Gasteiger partial charge is 0.491 e. The van der Waals surface area contributed by atoms with E-state index in [0.717, 1.165) is 17.4 Å². The van der Waals surface area contributed by atoms with E-state index in [4.69, 9.17) is 16.3 Å². The average Bonchev–Trinajstić information content (AvgIpc) is 2.84. The summed E-state index contributed by atoms with van der Waals surface area (Å²) in [6.45, 7) is 3.71. The standard InChI is InChI=1S/C16H18ClNO2S/c1-12(19)14-5-3-4-6-15(14)20-10-9-18(2)11-13-7-8-16(17)21-13/h3-8H,9-11H2,1-2H3. The van der Waals surface area contributed by atoms with Crippen molar-refractivity contribution in [1.82, 2.24) is 4.90 Å². The maximum Gasteiger partial charge on any atom is 0.163 e. The Morgan fingerprint density at radius 3 is 2.71 bits per heavy atom. The van der Waals surface area contributed by atoms with E-state index in [1.807, 2.05) is 37.4 Å². The number of Topliss-reactive ketones (excluding diaryl/α,β-unsaturated/α-hetero) is 1. The smallest absolute Gasteiger partial charge is 0.163 e. The monoisotopic (exact) mass is 323 g/mol. The molecule has 2 aromatic rings. The lowest BCUT2D eigenvalue weighted by atomic mass is 10.1. The van der Waals surface area contributed by atoms with E-state index < -0.39 is 0 Å². The van der Waals surface area contributed by atoms with Gasteiger partial charge in [0.2, 0.25) is 0 Å². The molecule has 0 saturated heterocycles. The molecule has 21 heavy (non-hydrogen) atoms. The highest BCUT2D eigenvalue weighted by Gasteiger charge is 2.08. The van der Waals surface area contributed by atoms with Crippen molar-refractivity contribution in [2.45, 2.75) is 13.5 Å². The number of hydrogen-bond acceptors (Lipinski definition) is 4. The minimum atomic E-state index is 0.0205. The lowest BCUT2D eigenvalue weighted by Crippen LogP contribution is -2.23. The van der Waals surface area contributed by atoms with Gasteiger partial charge in [0.1, 0.15) is 12.4 Å². The van der Waals surface area contributed by atoms with Crippen LogP contribution in [0.1, 0.15) is 22.2 Å². The topological polar surface area (TPSA) is 29.5 Å². The van der Waals surface area contributed by atoms with Gasteiger partial charge in [0.25, 0.3) is 0 Å². The summed E-state index contributed by atoms with van der Waals surface area (Å²) in [4.78, 5) is 14.9. The van der Waals surface area contributed by atoms with Gasteiger partial charge < -0.3 is 4.74 Å². The predicted octanol–water partition coefficient (Wildman–Crippen LogP) is 4.11. The Bertz CT molecular complexity index is 612. The quantitative estimate of drug-likeness (QED) is 0.718. The molecule has 1 heterocycles. The van der Waals surface area contributed by atoms with E-state index >= 15 is 0 Å². The van der Waals surface area contributed by atoms with Gasteiger partial charge in [-0.15, -0.1) is 11.3 Å². The zero-order valence-electron chi connectivity index (χ0n) is 12.1. The van der Waals surface area contributed by atoms with Crippen LogP contribution in [0.25, 0.3) is 0 Å². The first-order valence-corrected chi connectivity index (χ1v) is 7.91. The van der Waals surface area contributed by atoms with Crippen LogP contribution in [0.2, 0.25) is 4.34 Å². The third-order valence-corrected chi connectivity index (χ3v) is 4.27. The first-order chi connectivity index (χ1) is 10.1. The molecule has 5 heteroatoms. The van der Waals surface area contributed by atoms with Gasteiger partial charge in [0.05, 0.1) is 9.90 Å². The van der Waals surface area contributed by atoms with Gasteiger partial charge in [-0.05, 0) is 38.2 Å². The highest BCUT2D eigenvalue weighted by molar-refractivity contribution is 7.16. The predicted molar refractivity (Wildman–Crippen MR) is 87.6 cm³/mol. The number of benzene rings is 1. The van der Waals surface area contributed by atoms with Crippen molar-refractivity contribution in [1.29, 1.82) is 0 Å². The summed E-state index contributed by atoms with van der Waals surface area (Å²) in [6, 6.07) is 11.3. The fourth-order valence-electron chi connectivity index (χ4n) is 1.98. The Morgan fingerprint density at radius 2 is 2.05 bits per heavy atom. The zero-order valence-corrected chi connectivity index (χ0v) is 13.7. The Hall–Kier alpha value is -1.36. The number of ether oxygens (including phenoxy) is 1. The molecule has 1 aromatic carbocycles. The summed E-state index contributed by atoms with van der Waals surface area (Å²) in [5, 5.41) is 0. The molecule has 0 radical (unpaired) electrons. The summed E-state index contributed by atoms with van der Waals surface area (Å²) in [7, 11) is 2.04. The minimum absolute atomic E-state index is 0.0205. The molecular weight excluding hydrogens is 306 g/mol. The first kappa shape index (κ1) is 16.0. The normalized spacial score (nSPS) is 10.9. The molecule has 0 N–H and O–H groups in total. The van der Waals surface area contributed by atoms with Gasteiger partial charge in [-0.1, -0.05) is 23.7 Å². The number of para-hydroxylation sites is 1. The number of carbonyl (C=O) groups excluding carboxylic acids is 1. The molecule has 0 aliphatic heterocycles. The fourth-order valence-corrected chi connectivity index (χ4v) is 3.14. The van der Waals surface area contributed by atoms with Crippen molar-refractivity contribution >= 4 is 28.7 Å². The fraction of sp³-hybridized carbons (Fsp3) is 0.312. The molecular formula is C16H18ClNO2S. The Morgan fingerprint density at radius 1 is 1.29 bits per heavy atom. The molecule has 0 amide bonds. The number of carbonyl (C=O) groups is 1. The number of thiophene rings is 1. The van der Waals surface area contributed by atoms with Crippen LogP contribution >= 0.6 is 22.9 Å². The molecule has 0 bridgehead atoms. The van der Waals surface area contributed by atoms with Crippen LogP contribution in [-0.4, -0.2) is 30.9 Å². The van der Waals surface area contributed by atoms with Crippen LogP contribution in [0, 0.1) is 0 Å². The molecule has 0 aliphatic rings. The van der Waals surface area contributed by atoms with Crippen molar-refractivity contribution in [2.75, 3.05) is 20.2 Å². The second kappa shape index (κ2) is 7.59. The van der Waals surface area contributed by atoms with E-state index in [-0.39, 0.29) is 5.78 Å². The second-order valence-electron chi connectivity index (χ2n) is 4.84. The van der Waals surface area contributed by atoms with Gasteiger partial charge in [-0.2, -0.15) is 0 Å². The molecule has 112 valence electrons. The van der Waals surface area contributed by atoms with Crippen molar-refractivity contribution in [2.24, 2.45) is 0 Å². The average molecular weight is 324 g/mol. The van der Waals surface area contributed by atoms with Crippen molar-refractivity contribution in [3.63, 3.8) is 0 Å². The first-order valence-electron chi connectivity index (χ1n) is 6.72. The van der Waals surface area contributed by atoms with E-state index in [9.17, 15) is 4.79 Å². The maximum absolute atomic E-state index is 11.5. The van der Waals surface area contributed by atoms with Crippen LogP contribution < -0.4 is 4.74 Å². The van der Waals surface area contributed by atoms with Gasteiger partial charge in [0.15, 0.2) is 5.78 Å². The Balaban J connectivity index is 1.83. The molecule has 3 nitrogen and oxygen atoms in total. The summed E-state index contributed by atoms with van der Waals surface area (Å²) in [6.07, 6.45) is 0. The van der Waals surface area contributed by atoms with E-state index in [0.29, 0.717) is 17.9 Å². The molecule has 0 fully saturated rings. The SMILES string of the molecule is CC(=O)c1ccccc1OCCN(C)Cc1ccc(Cl)s1. The number of rotatable bonds is 7. The van der Waals surface area contributed by atoms with Crippen LogP contribution in [-0.2, 0) is 6.54 Å². The summed E-state index contributed by atoms with van der Waals surface area (Å²) in [5.41, 5.74) is 0.630. The van der Waals surface area contributed by atoms with E-state index in [2.05, 4.69) is 4.90 Å². The van der Waals surface area contributed by atoms with Crippen LogP contribution in [0.5, 0.6) is 5.75 Å². The summed E-state index contributed by atoms with van der Waals surface area (Å²) >= 11 is 7.51. The van der Waals surface area contributed by atoms with Crippen molar-refractivity contribution in [3.8, 4) is 5.75 Å². The highest BCUT2D eigenvalue weighted by atomic mass is 35.5. The van der Waals surface area contributed by atoms with E-state index in [1.165, 1.54) is 4.88 Å². The second-order valence-corrected chi connectivity index (χ2v) is 6.64. The third kappa shape index (κ3) is 4.84. The number of halogens is 1. The lowest BCUT2D eigenvalue weighted by Gasteiger charge is -2.16. The van der Waals surface area contributed by atoms with Crippen LogP contribution in [0.3, 0.4) is 0 Å². The molecule has 2 rings (SSSR count). The summed E-state index contributed by atoms with van der Waals surface area (Å²) < 4.78 is 6.54. The van der Waals surface area contributed by atoms with Gasteiger partial charge in [-0.25, -0.2) is 0 Å². The third-order valence-electron chi connectivity index (χ3n) is 3.05.